The number of aliphatic carboxylic acids is 1. The number of phenolic OH excluding ortho intramolecular Hbond substituents is 3. The van der Waals surface area contributed by atoms with E-state index in [-0.39, 0.29) is 58.6 Å². The summed E-state index contributed by atoms with van der Waals surface area (Å²) in [6.45, 7) is 5.14. The second kappa shape index (κ2) is 40.4. The molecule has 8 aliphatic rings. The molecule has 8 heterocycles. The van der Waals surface area contributed by atoms with Crippen molar-refractivity contribution < 1.29 is 142 Å². The van der Waals surface area contributed by atoms with E-state index in [1.54, 1.807) is 38.1 Å². The highest BCUT2D eigenvalue weighted by molar-refractivity contribution is 6.35. The lowest BCUT2D eigenvalue weighted by Crippen LogP contribution is -2.65. The number of carboxylic acids is 1. The number of halogens is 4. The number of carbonyl (C=O) groups is 9. The molecular formula is C86H95Cl4N11O29. The number of ether oxygens (including phenoxy) is 8. The van der Waals surface area contributed by atoms with Crippen LogP contribution < -0.4 is 73.5 Å². The highest BCUT2D eigenvalue weighted by Crippen LogP contribution is 2.51. The summed E-state index contributed by atoms with van der Waals surface area (Å²) < 4.78 is 51.2. The number of phenols is 3. The number of carbonyl (C=O) groups excluding carboxylic acids is 8. The van der Waals surface area contributed by atoms with Crippen molar-refractivity contribution in [2.75, 3.05) is 25.5 Å². The number of aliphatic hydroxyl groups excluding tert-OH is 8. The number of hydrogen-bond donors (Lipinski definition) is 23. The van der Waals surface area contributed by atoms with Gasteiger partial charge in [-0.15, -0.1) is 0 Å². The number of rotatable bonds is 21. The van der Waals surface area contributed by atoms with E-state index >= 15 is 24.0 Å². The average Bonchev–Trinajstić information content (AvgIpc) is 0.747. The van der Waals surface area contributed by atoms with Gasteiger partial charge in [-0.25, -0.2) is 4.79 Å². The third-order valence-electron chi connectivity index (χ3n) is 22.7. The number of carboxylic acid groups (broad SMARTS) is 1. The first kappa shape index (κ1) is 96.6. The molecule has 1 unspecified atom stereocenters. The van der Waals surface area contributed by atoms with Crippen molar-refractivity contribution in [2.24, 2.45) is 17.4 Å². The van der Waals surface area contributed by atoms with Crippen LogP contribution in [0.15, 0.2) is 121 Å². The van der Waals surface area contributed by atoms with Crippen LogP contribution in [0.5, 0.6) is 46.0 Å². The summed E-state index contributed by atoms with van der Waals surface area (Å²) in [6, 6.07) is 9.68. The van der Waals surface area contributed by atoms with Crippen molar-refractivity contribution >= 4 is 105 Å². The molecule has 3 saturated heterocycles. The van der Waals surface area contributed by atoms with Crippen LogP contribution in [0.1, 0.15) is 121 Å². The van der Waals surface area contributed by atoms with Gasteiger partial charge in [0.1, 0.15) is 120 Å². The Hall–Kier alpha value is -10.9. The first-order chi connectivity index (χ1) is 61.6. The van der Waals surface area contributed by atoms with Crippen molar-refractivity contribution in [2.45, 2.75) is 193 Å². The SMILES string of the molecule is CN[C@H](CC(C)C)C(=O)N[C@H]1C(=O)N[C@@H](CC(N)=O)C(=O)N[C@H]2C(=O)N[C@H]3C(=O)N[C@H](C(=O)N[C@@H](C(=O)O)c4cc(O)cc(O)c4-c4cc3ccc4O)[C@H](O[C@H]3C[C@](C)(N)[C@@H](O)[C@H](C)O3)c3ccc(c(Cl)c3)Oc3cc2cc(c3OC2O[C@H](CO)[C@@H](O[C@H]3O[C@H](CNCc4cccc(NC(=O)c5cc(Cl)cc(Cl)c5)c4)[C@H](O)[C@H](O)[C@H]3O)[C@H](O)[C@H]2O)Oc2ccc(cc2Cl)[C@H]1O. The van der Waals surface area contributed by atoms with Crippen molar-refractivity contribution in [3.05, 3.63) is 180 Å². The largest absolute Gasteiger partial charge is 0.508 e. The van der Waals surface area contributed by atoms with E-state index < -0.39 is 290 Å². The van der Waals surface area contributed by atoms with Gasteiger partial charge < -0.3 is 158 Å². The van der Waals surface area contributed by atoms with E-state index in [0.29, 0.717) is 11.3 Å². The Morgan fingerprint density at radius 1 is 0.638 bits per heavy atom. The van der Waals surface area contributed by atoms with Gasteiger partial charge >= 0.3 is 5.97 Å². The molecule has 25 N–H and O–H groups in total. The summed E-state index contributed by atoms with van der Waals surface area (Å²) in [5.74, 6) is -17.4. The van der Waals surface area contributed by atoms with Crippen LogP contribution >= 0.6 is 46.4 Å². The van der Waals surface area contributed by atoms with Gasteiger partial charge in [-0.3, -0.25) is 38.4 Å². The van der Waals surface area contributed by atoms with E-state index in [1.165, 1.54) is 51.2 Å². The number of nitrogens with one attached hydrogen (secondary N) is 9. The van der Waals surface area contributed by atoms with Crippen molar-refractivity contribution in [3.63, 3.8) is 0 Å². The first-order valence-corrected chi connectivity index (χ1v) is 42.3. The molecule has 7 aromatic carbocycles. The Labute approximate surface area is 760 Å². The molecule has 8 aliphatic heterocycles. The third-order valence-corrected chi connectivity index (χ3v) is 23.7. The summed E-state index contributed by atoms with van der Waals surface area (Å²) >= 11 is 26.8. The van der Waals surface area contributed by atoms with Crippen LogP contribution in [0.4, 0.5) is 5.69 Å². The fraction of sp³-hybridized carbons (Fsp3) is 0.407. The number of amides is 8. The Morgan fingerprint density at radius 3 is 1.91 bits per heavy atom. The molecule has 15 rings (SSSR count). The molecule has 696 valence electrons. The zero-order chi connectivity index (χ0) is 94.1. The van der Waals surface area contributed by atoms with E-state index in [4.69, 9.17) is 95.8 Å². The highest BCUT2D eigenvalue weighted by Gasteiger charge is 2.53. The molecule has 0 radical (unpaired) electrons. The number of anilines is 1. The van der Waals surface area contributed by atoms with Crippen LogP contribution in [0, 0.1) is 5.92 Å². The summed E-state index contributed by atoms with van der Waals surface area (Å²) in [4.78, 5) is 134. The minimum atomic E-state index is -2.44. The van der Waals surface area contributed by atoms with Gasteiger partial charge in [0.2, 0.25) is 53.4 Å². The molecule has 23 atom stereocenters. The van der Waals surface area contributed by atoms with Gasteiger partial charge in [-0.05, 0) is 146 Å². The predicted octanol–water partition coefficient (Wildman–Crippen LogP) is 2.29. The van der Waals surface area contributed by atoms with Gasteiger partial charge in [-0.1, -0.05) is 90.6 Å². The number of aromatic hydroxyl groups is 3. The van der Waals surface area contributed by atoms with Gasteiger partial charge in [0.15, 0.2) is 30.1 Å². The summed E-state index contributed by atoms with van der Waals surface area (Å²) in [6.07, 6.45) is -29.7. The number of benzene rings is 7. The first-order valence-electron chi connectivity index (χ1n) is 40.8. The molecule has 8 amide bonds. The van der Waals surface area contributed by atoms with Crippen molar-refractivity contribution in [1.82, 2.24) is 42.5 Å². The minimum Gasteiger partial charge on any atom is -0.508 e. The zero-order valence-electron chi connectivity index (χ0n) is 69.5. The number of likely N-dealkylation sites (N-methyl/N-ethyl adjacent to an activating group) is 1. The molecule has 0 saturated carbocycles. The molecule has 0 aliphatic carbocycles. The fourth-order valence-electron chi connectivity index (χ4n) is 16.0. The molecule has 44 heteroatoms. The van der Waals surface area contributed by atoms with E-state index in [2.05, 4.69) is 47.9 Å². The molecule has 11 bridgehead atoms. The van der Waals surface area contributed by atoms with Gasteiger partial charge in [-0.2, -0.15) is 0 Å². The second-order valence-electron chi connectivity index (χ2n) is 32.8. The molecule has 130 heavy (non-hydrogen) atoms. The zero-order valence-corrected chi connectivity index (χ0v) is 72.6. The Morgan fingerprint density at radius 2 is 1.27 bits per heavy atom. The summed E-state index contributed by atoms with van der Waals surface area (Å²) in [5.41, 5.74) is 9.05. The normalized spacial score (nSPS) is 29.0. The van der Waals surface area contributed by atoms with Crippen molar-refractivity contribution in [3.8, 4) is 57.1 Å². The van der Waals surface area contributed by atoms with Gasteiger partial charge in [0, 0.05) is 69.1 Å². The summed E-state index contributed by atoms with van der Waals surface area (Å²) in [7, 11) is 1.45. The number of hydrogen-bond acceptors (Lipinski definition) is 31. The van der Waals surface area contributed by atoms with Crippen molar-refractivity contribution in [1.29, 1.82) is 0 Å². The molecule has 3 fully saturated rings. The Bertz CT molecular complexity index is 5470. The monoisotopic (exact) mass is 1890 g/mol. The smallest absolute Gasteiger partial charge is 0.330 e. The minimum absolute atomic E-state index is 0.0487. The second-order valence-corrected chi connectivity index (χ2v) is 34.5. The predicted molar refractivity (Wildman–Crippen MR) is 457 cm³/mol. The number of nitrogens with two attached hydrogens (primary N) is 2. The molecule has 7 aromatic rings. The molecular weight excluding hydrogens is 1790 g/mol. The maximum atomic E-state index is 16.5. The van der Waals surface area contributed by atoms with Gasteiger partial charge in [0.25, 0.3) is 5.91 Å². The number of fused-ring (bicyclic) bond motifs is 15. The molecule has 0 spiro atoms. The van der Waals surface area contributed by atoms with E-state index in [0.717, 1.165) is 66.7 Å². The maximum Gasteiger partial charge on any atom is 0.330 e. The Balaban J connectivity index is 0.944. The van der Waals surface area contributed by atoms with Crippen LogP contribution in [-0.4, -0.2) is 244 Å². The fourth-order valence-corrected chi connectivity index (χ4v) is 17.0. The Kier molecular flexibility index (Phi) is 30.1. The number of aliphatic hydroxyl groups is 8. The van der Waals surface area contributed by atoms with E-state index in [1.807, 2.05) is 0 Å². The van der Waals surface area contributed by atoms with Crippen LogP contribution in [0.25, 0.3) is 11.1 Å². The summed E-state index contributed by atoms with van der Waals surface area (Å²) in [5, 5.41) is 163. The highest BCUT2D eigenvalue weighted by atomic mass is 35.5. The van der Waals surface area contributed by atoms with Crippen LogP contribution in [0.2, 0.25) is 20.1 Å². The number of primary amides is 1. The maximum absolute atomic E-state index is 16.5. The lowest BCUT2D eigenvalue weighted by atomic mass is 9.86. The van der Waals surface area contributed by atoms with Crippen LogP contribution in [0.3, 0.4) is 0 Å². The standard InChI is InChI=1S/C86H95Cl4N11O29/c1-32(2)15-48(93-5)77(115)100-64-66(107)36-10-13-52(46(89)20-36)124-54-22-38-23-55(73(54)129-85-71(112)69(110)74(57(31-102)127-85)130-84-70(111)68(109)67(108)56(126-84)30-94-29-34-7-6-8-42(16-34)95-76(114)39-17-40(87)24-41(88)18-39)125-53-14-11-37(21-47(53)90)72(128-59-28-86(4,92)75(113)33(3)123-59)65-82(120)99-63(83(121)122)45-25-43(103)26-51(105)60(45)44-19-35(9-12-50(44)104)61(79(117)101-65)98-80(118)62(38)97-78(116)49(27-58(91)106)96-81(64)119/h6-14,16-26,32-33,48-49,56-57,59,61-72,74-75,84-85,93-94,102-105,107-113H,15,27-31,92H2,1-5H3,(H2,91,106)(H,95,114)(H,96,119)(H,97,116)(H,98,118)(H,99,120)(H,100,115)(H,101,117)(H,121,122)/t33-,48+,49-,56+,57+,59-,61+,62+,63+,64+,65-,66+,67-,68-,69+,70+,71+,72+,74+,75-,84+,85?,86-/m0/s1. The third kappa shape index (κ3) is 21.5. The van der Waals surface area contributed by atoms with Crippen LogP contribution in [-0.2, 0) is 68.6 Å². The average molecular weight is 1890 g/mol. The molecule has 0 aromatic heterocycles. The quantitative estimate of drug-likeness (QED) is 0.0491. The lowest BCUT2D eigenvalue weighted by molar-refractivity contribution is -0.350. The van der Waals surface area contributed by atoms with Gasteiger partial charge in [0.05, 0.1) is 41.3 Å². The molecule has 40 nitrogen and oxygen atoms in total. The van der Waals surface area contributed by atoms with E-state index in [9.17, 15) is 80.5 Å². The topological polar surface area (TPSA) is 631 Å². The lowest BCUT2D eigenvalue weighted by Gasteiger charge is -2.46.